The van der Waals surface area contributed by atoms with Crippen LogP contribution in [0.1, 0.15) is 48.8 Å². The Morgan fingerprint density at radius 2 is 2.06 bits per heavy atom. The van der Waals surface area contributed by atoms with Gasteiger partial charge < -0.3 is 10.3 Å². The van der Waals surface area contributed by atoms with Crippen LogP contribution in [0.5, 0.6) is 0 Å². The molecule has 4 aromatic rings. The zero-order valence-corrected chi connectivity index (χ0v) is 18.0. The lowest BCUT2D eigenvalue weighted by Gasteiger charge is -2.37. The molecule has 0 spiro atoms. The summed E-state index contributed by atoms with van der Waals surface area (Å²) in [6.45, 7) is 4.38. The van der Waals surface area contributed by atoms with Crippen LogP contribution >= 0.6 is 0 Å². The van der Waals surface area contributed by atoms with Gasteiger partial charge in [-0.05, 0) is 29.9 Å². The predicted octanol–water partition coefficient (Wildman–Crippen LogP) is 4.97. The monoisotopic (exact) mass is 428 g/mol. The van der Waals surface area contributed by atoms with Crippen molar-refractivity contribution in [3.63, 3.8) is 0 Å². The van der Waals surface area contributed by atoms with Gasteiger partial charge in [-0.25, -0.2) is 0 Å². The molecular formula is C25H24N4O3. The highest BCUT2D eigenvalue weighted by Crippen LogP contribution is 2.45. The van der Waals surface area contributed by atoms with Gasteiger partial charge in [0.25, 0.3) is 5.69 Å². The van der Waals surface area contributed by atoms with E-state index in [-0.39, 0.29) is 22.1 Å². The number of carbonyl (C=O) groups is 1. The molecule has 7 heteroatoms. The maximum atomic E-state index is 11.4. The van der Waals surface area contributed by atoms with Gasteiger partial charge in [0.1, 0.15) is 0 Å². The van der Waals surface area contributed by atoms with Crippen molar-refractivity contribution in [2.24, 2.45) is 5.41 Å². The molecule has 1 amide bonds. The van der Waals surface area contributed by atoms with Crippen LogP contribution in [-0.4, -0.2) is 21.3 Å². The lowest BCUT2D eigenvalue weighted by atomic mass is 9.72. The van der Waals surface area contributed by atoms with E-state index in [1.54, 1.807) is 12.1 Å². The molecule has 7 nitrogen and oxygen atoms in total. The van der Waals surface area contributed by atoms with Gasteiger partial charge in [-0.15, -0.1) is 0 Å². The number of non-ortho nitro benzene ring substituents is 1. The summed E-state index contributed by atoms with van der Waals surface area (Å²) < 4.78 is 0. The van der Waals surface area contributed by atoms with Crippen molar-refractivity contribution in [3.05, 3.63) is 81.2 Å². The number of fused-ring (bicyclic) bond motifs is 5. The molecule has 2 N–H and O–H groups in total. The van der Waals surface area contributed by atoms with Crippen molar-refractivity contribution in [2.75, 3.05) is 0 Å². The SMILES string of the molecule is CC1(C)Cc2nc(Cc3cccc([N+](=O)[O-])c3)c3[nH]c4ccccc4c3c2C(NC=O)C1. The van der Waals surface area contributed by atoms with E-state index in [4.69, 9.17) is 4.98 Å². The molecule has 2 aromatic heterocycles. The summed E-state index contributed by atoms with van der Waals surface area (Å²) in [5.74, 6) is 0. The van der Waals surface area contributed by atoms with Crippen LogP contribution in [0.4, 0.5) is 5.69 Å². The summed E-state index contributed by atoms with van der Waals surface area (Å²) in [7, 11) is 0. The topological polar surface area (TPSA) is 101 Å². The summed E-state index contributed by atoms with van der Waals surface area (Å²) >= 11 is 0. The van der Waals surface area contributed by atoms with Crippen molar-refractivity contribution >= 4 is 33.9 Å². The summed E-state index contributed by atoms with van der Waals surface area (Å²) in [6, 6.07) is 14.7. The number of nitro groups is 1. The Balaban J connectivity index is 1.76. The summed E-state index contributed by atoms with van der Waals surface area (Å²) in [5, 5.41) is 16.4. The molecule has 0 bridgehead atoms. The predicted molar refractivity (Wildman–Crippen MR) is 124 cm³/mol. The highest BCUT2D eigenvalue weighted by atomic mass is 16.6. The van der Waals surface area contributed by atoms with Gasteiger partial charge in [-0.2, -0.15) is 0 Å². The molecular weight excluding hydrogens is 404 g/mol. The average molecular weight is 428 g/mol. The quantitative estimate of drug-likeness (QED) is 0.266. The van der Waals surface area contributed by atoms with E-state index in [0.29, 0.717) is 6.42 Å². The maximum absolute atomic E-state index is 11.4. The van der Waals surface area contributed by atoms with E-state index < -0.39 is 0 Å². The van der Waals surface area contributed by atoms with Gasteiger partial charge >= 0.3 is 0 Å². The number of carbonyl (C=O) groups excluding carboxylic acids is 1. The van der Waals surface area contributed by atoms with Gasteiger partial charge in [0.15, 0.2) is 0 Å². The number of rotatable bonds is 5. The second kappa shape index (κ2) is 7.44. The minimum atomic E-state index is -0.374. The van der Waals surface area contributed by atoms with Crippen molar-refractivity contribution in [1.29, 1.82) is 0 Å². The van der Waals surface area contributed by atoms with Crippen LogP contribution in [0, 0.1) is 15.5 Å². The first-order valence-corrected chi connectivity index (χ1v) is 10.7. The van der Waals surface area contributed by atoms with Crippen LogP contribution in [0.25, 0.3) is 21.8 Å². The highest BCUT2D eigenvalue weighted by molar-refractivity contribution is 6.10. The van der Waals surface area contributed by atoms with Crippen molar-refractivity contribution in [2.45, 2.75) is 39.2 Å². The molecule has 2 aromatic carbocycles. The first kappa shape index (κ1) is 20.2. The Hall–Kier alpha value is -3.74. The normalized spacial score (nSPS) is 17.2. The third-order valence-corrected chi connectivity index (χ3v) is 6.36. The van der Waals surface area contributed by atoms with Gasteiger partial charge in [-0.3, -0.25) is 19.9 Å². The first-order valence-electron chi connectivity index (χ1n) is 10.7. The molecule has 0 aliphatic heterocycles. The third kappa shape index (κ3) is 3.39. The van der Waals surface area contributed by atoms with Crippen LogP contribution in [0.15, 0.2) is 48.5 Å². The smallest absolute Gasteiger partial charge is 0.269 e. The van der Waals surface area contributed by atoms with Crippen molar-refractivity contribution in [1.82, 2.24) is 15.3 Å². The van der Waals surface area contributed by atoms with Gasteiger partial charge in [0.05, 0.1) is 22.2 Å². The highest BCUT2D eigenvalue weighted by Gasteiger charge is 2.35. The number of amides is 1. The van der Waals surface area contributed by atoms with Crippen LogP contribution < -0.4 is 5.32 Å². The fourth-order valence-corrected chi connectivity index (χ4v) is 5.08. The standard InChI is InChI=1S/C25H24N4O3/c1-25(2)12-20(26-14-30)23-21(13-25)27-19(11-15-6-5-7-16(10-15)29(31)32)24-22(23)17-8-3-4-9-18(17)28-24/h3-10,14,20,28H,11-13H2,1-2H3,(H,26,30). The van der Waals surface area contributed by atoms with E-state index in [1.807, 2.05) is 24.3 Å². The number of nitro benzene ring substituents is 1. The molecule has 1 aliphatic rings. The molecule has 5 rings (SSSR count). The Morgan fingerprint density at radius 3 is 2.84 bits per heavy atom. The molecule has 0 radical (unpaired) electrons. The number of hydrogen-bond donors (Lipinski definition) is 2. The van der Waals surface area contributed by atoms with E-state index in [2.05, 4.69) is 30.2 Å². The van der Waals surface area contributed by atoms with Crippen LogP contribution in [-0.2, 0) is 17.6 Å². The number of pyridine rings is 1. The molecule has 0 saturated carbocycles. The molecule has 162 valence electrons. The lowest BCUT2D eigenvalue weighted by molar-refractivity contribution is -0.384. The second-order valence-electron chi connectivity index (χ2n) is 9.33. The second-order valence-corrected chi connectivity index (χ2v) is 9.33. The fraction of sp³-hybridized carbons (Fsp3) is 0.280. The van der Waals surface area contributed by atoms with E-state index in [9.17, 15) is 14.9 Å². The summed E-state index contributed by atoms with van der Waals surface area (Å²) in [4.78, 5) is 30.9. The zero-order valence-electron chi connectivity index (χ0n) is 18.0. The van der Waals surface area contributed by atoms with E-state index in [1.165, 1.54) is 6.07 Å². The Kier molecular flexibility index (Phi) is 4.69. The first-order chi connectivity index (χ1) is 15.4. The molecule has 0 fully saturated rings. The Morgan fingerprint density at radius 1 is 1.25 bits per heavy atom. The number of aromatic amines is 1. The number of nitrogens with one attached hydrogen (secondary N) is 2. The van der Waals surface area contributed by atoms with Crippen molar-refractivity contribution < 1.29 is 9.72 Å². The number of benzene rings is 2. The third-order valence-electron chi connectivity index (χ3n) is 6.36. The molecule has 32 heavy (non-hydrogen) atoms. The number of aromatic nitrogens is 2. The fourth-order valence-electron chi connectivity index (χ4n) is 5.08. The Labute approximate surface area is 185 Å². The molecule has 1 unspecified atom stereocenters. The molecule has 1 aliphatic carbocycles. The largest absolute Gasteiger partial charge is 0.353 e. The summed E-state index contributed by atoms with van der Waals surface area (Å²) in [6.07, 6.45) is 2.88. The van der Waals surface area contributed by atoms with Gasteiger partial charge in [0, 0.05) is 46.1 Å². The van der Waals surface area contributed by atoms with Crippen LogP contribution in [0.2, 0.25) is 0 Å². The minimum Gasteiger partial charge on any atom is -0.353 e. The molecule has 2 heterocycles. The number of nitrogens with zero attached hydrogens (tertiary/aromatic N) is 2. The van der Waals surface area contributed by atoms with Gasteiger partial charge in [-0.1, -0.05) is 44.2 Å². The van der Waals surface area contributed by atoms with Gasteiger partial charge in [0.2, 0.25) is 6.41 Å². The van der Waals surface area contributed by atoms with E-state index in [0.717, 1.165) is 63.6 Å². The Bertz CT molecular complexity index is 1370. The van der Waals surface area contributed by atoms with Crippen molar-refractivity contribution in [3.8, 4) is 0 Å². The van der Waals surface area contributed by atoms with Crippen LogP contribution in [0.3, 0.4) is 0 Å². The summed E-state index contributed by atoms with van der Waals surface area (Å²) in [5.41, 5.74) is 5.75. The zero-order chi connectivity index (χ0) is 22.5. The molecule has 0 saturated heterocycles. The number of H-pyrrole nitrogens is 1. The number of hydrogen-bond acceptors (Lipinski definition) is 4. The van der Waals surface area contributed by atoms with E-state index >= 15 is 0 Å². The molecule has 1 atom stereocenters. The lowest BCUT2D eigenvalue weighted by Crippen LogP contribution is -2.34. The maximum Gasteiger partial charge on any atom is 0.269 e. The average Bonchev–Trinajstić information content (AvgIpc) is 3.13. The number of para-hydroxylation sites is 1. The minimum absolute atomic E-state index is 0.0106.